The quantitative estimate of drug-likeness (QED) is 0.875. The van der Waals surface area contributed by atoms with Crippen LogP contribution in [0.5, 0.6) is 5.75 Å². The van der Waals surface area contributed by atoms with Crippen molar-refractivity contribution in [2.24, 2.45) is 0 Å². The van der Waals surface area contributed by atoms with Gasteiger partial charge in [0.15, 0.2) is 0 Å². The highest BCUT2D eigenvalue weighted by Gasteiger charge is 2.31. The maximum absolute atomic E-state index is 11.1. The van der Waals surface area contributed by atoms with E-state index in [9.17, 15) is 9.90 Å². The fraction of sp³-hybridized carbons (Fsp3) is 0.588. The fourth-order valence-corrected chi connectivity index (χ4v) is 2.46. The topological polar surface area (TPSA) is 57.5 Å². The lowest BCUT2D eigenvalue weighted by atomic mass is 9.76. The van der Waals surface area contributed by atoms with Gasteiger partial charge in [-0.05, 0) is 23.0 Å². The van der Waals surface area contributed by atoms with Crippen LogP contribution in [-0.4, -0.2) is 16.2 Å². The molecule has 0 spiro atoms. The van der Waals surface area contributed by atoms with Gasteiger partial charge in [0.1, 0.15) is 5.75 Å². The first kappa shape index (κ1) is 16.5. The number of aliphatic carboxylic acids is 1. The Morgan fingerprint density at radius 1 is 1.10 bits per heavy atom. The summed E-state index contributed by atoms with van der Waals surface area (Å²) >= 11 is 0. The number of carboxylic acid groups (broad SMARTS) is 1. The Morgan fingerprint density at radius 2 is 1.60 bits per heavy atom. The monoisotopic (exact) mass is 278 g/mol. The van der Waals surface area contributed by atoms with Gasteiger partial charge in [0.25, 0.3) is 0 Å². The van der Waals surface area contributed by atoms with Crippen LogP contribution in [0.25, 0.3) is 0 Å². The third-order valence-electron chi connectivity index (χ3n) is 3.71. The lowest BCUT2D eigenvalue weighted by molar-refractivity contribution is -0.138. The van der Waals surface area contributed by atoms with Crippen molar-refractivity contribution in [1.82, 2.24) is 0 Å². The van der Waals surface area contributed by atoms with Crippen molar-refractivity contribution in [3.8, 4) is 5.75 Å². The number of carboxylic acids is 1. The summed E-state index contributed by atoms with van der Waals surface area (Å²) in [5.41, 5.74) is 1.96. The van der Waals surface area contributed by atoms with Crippen LogP contribution < -0.4 is 0 Å². The van der Waals surface area contributed by atoms with Gasteiger partial charge in [-0.2, -0.15) is 0 Å². The van der Waals surface area contributed by atoms with Gasteiger partial charge in [-0.25, -0.2) is 0 Å². The Bertz CT molecular complexity index is 508. The summed E-state index contributed by atoms with van der Waals surface area (Å²) in [4.78, 5) is 11.1. The molecule has 2 N–H and O–H groups in total. The highest BCUT2D eigenvalue weighted by atomic mass is 16.4. The molecule has 3 heteroatoms. The lowest BCUT2D eigenvalue weighted by Gasteiger charge is -2.29. The normalized spacial score (nSPS) is 12.5. The molecule has 1 aromatic carbocycles. The third kappa shape index (κ3) is 3.53. The Labute approximate surface area is 121 Å². The van der Waals surface area contributed by atoms with Crippen LogP contribution in [0.4, 0.5) is 0 Å². The maximum atomic E-state index is 11.1. The minimum Gasteiger partial charge on any atom is -0.507 e. The van der Waals surface area contributed by atoms with Crippen LogP contribution in [-0.2, 0) is 22.0 Å². The minimum atomic E-state index is -0.853. The van der Waals surface area contributed by atoms with E-state index >= 15 is 0 Å². The second kappa shape index (κ2) is 5.47. The number of phenols is 1. The van der Waals surface area contributed by atoms with Gasteiger partial charge >= 0.3 is 5.97 Å². The Hall–Kier alpha value is -1.51. The van der Waals surface area contributed by atoms with E-state index in [2.05, 4.69) is 27.7 Å². The number of carbonyl (C=O) groups is 1. The average Bonchev–Trinajstić information content (AvgIpc) is 2.25. The van der Waals surface area contributed by atoms with Crippen LogP contribution >= 0.6 is 0 Å². The molecule has 0 saturated heterocycles. The summed E-state index contributed by atoms with van der Waals surface area (Å²) in [6.07, 6.45) is 0.858. The SMILES string of the molecule is CCc1cc(C(C)(C)C)c(O)c(C(C)(C)CC(=O)O)c1. The standard InChI is InChI=1S/C17H26O3/c1-7-11-8-12(16(2,3)4)15(20)13(9-11)17(5,6)10-14(18)19/h8-9,20H,7,10H2,1-6H3,(H,18,19). The molecule has 0 heterocycles. The van der Waals surface area contributed by atoms with Crippen LogP contribution in [0.1, 0.15) is 64.7 Å². The molecule has 0 aliphatic rings. The number of aryl methyl sites for hydroxylation is 1. The predicted octanol–water partition coefficient (Wildman–Crippen LogP) is 4.00. The van der Waals surface area contributed by atoms with E-state index in [0.29, 0.717) is 0 Å². The minimum absolute atomic E-state index is 0.00267. The van der Waals surface area contributed by atoms with Gasteiger partial charge < -0.3 is 10.2 Å². The summed E-state index contributed by atoms with van der Waals surface area (Å²) in [5, 5.41) is 19.7. The van der Waals surface area contributed by atoms with Crippen molar-refractivity contribution in [2.45, 2.75) is 65.2 Å². The second-order valence-corrected chi connectivity index (χ2v) is 7.10. The van der Waals surface area contributed by atoms with Crippen LogP contribution in [0.3, 0.4) is 0 Å². The molecule has 20 heavy (non-hydrogen) atoms. The van der Waals surface area contributed by atoms with E-state index < -0.39 is 11.4 Å². The predicted molar refractivity (Wildman–Crippen MR) is 81.5 cm³/mol. The summed E-state index contributed by atoms with van der Waals surface area (Å²) in [6.45, 7) is 11.9. The summed E-state index contributed by atoms with van der Waals surface area (Å²) in [5.74, 6) is -0.616. The largest absolute Gasteiger partial charge is 0.507 e. The van der Waals surface area contributed by atoms with Crippen molar-refractivity contribution in [3.63, 3.8) is 0 Å². The van der Waals surface area contributed by atoms with E-state index in [4.69, 9.17) is 5.11 Å². The molecular weight excluding hydrogens is 252 g/mol. The molecule has 0 aromatic heterocycles. The number of hydrogen-bond donors (Lipinski definition) is 2. The number of hydrogen-bond acceptors (Lipinski definition) is 2. The van der Waals surface area contributed by atoms with Crippen molar-refractivity contribution < 1.29 is 15.0 Å². The van der Waals surface area contributed by atoms with E-state index in [1.165, 1.54) is 0 Å². The Balaban J connectivity index is 3.50. The Morgan fingerprint density at radius 3 is 2.00 bits per heavy atom. The summed E-state index contributed by atoms with van der Waals surface area (Å²) in [6, 6.07) is 3.96. The highest BCUT2D eigenvalue weighted by Crippen LogP contribution is 2.41. The second-order valence-electron chi connectivity index (χ2n) is 7.10. The zero-order valence-electron chi connectivity index (χ0n) is 13.4. The van der Waals surface area contributed by atoms with E-state index in [1.807, 2.05) is 26.0 Å². The van der Waals surface area contributed by atoms with Crippen molar-refractivity contribution in [3.05, 3.63) is 28.8 Å². The molecule has 0 amide bonds. The van der Waals surface area contributed by atoms with Crippen LogP contribution in [0.15, 0.2) is 12.1 Å². The molecule has 1 aromatic rings. The van der Waals surface area contributed by atoms with Gasteiger partial charge in [-0.3, -0.25) is 4.79 Å². The molecule has 0 atom stereocenters. The zero-order chi connectivity index (χ0) is 15.7. The van der Waals surface area contributed by atoms with Crippen molar-refractivity contribution >= 4 is 5.97 Å². The maximum Gasteiger partial charge on any atom is 0.304 e. The highest BCUT2D eigenvalue weighted by molar-refractivity contribution is 5.69. The number of rotatable bonds is 4. The van der Waals surface area contributed by atoms with Crippen LogP contribution in [0, 0.1) is 0 Å². The molecule has 0 saturated carbocycles. The molecule has 0 aliphatic heterocycles. The molecule has 0 unspecified atom stereocenters. The van der Waals surface area contributed by atoms with Gasteiger partial charge in [0, 0.05) is 11.0 Å². The number of benzene rings is 1. The van der Waals surface area contributed by atoms with Crippen LogP contribution in [0.2, 0.25) is 0 Å². The molecule has 0 bridgehead atoms. The third-order valence-corrected chi connectivity index (χ3v) is 3.71. The van der Waals surface area contributed by atoms with E-state index in [0.717, 1.165) is 23.1 Å². The van der Waals surface area contributed by atoms with Crippen molar-refractivity contribution in [2.75, 3.05) is 0 Å². The van der Waals surface area contributed by atoms with Crippen molar-refractivity contribution in [1.29, 1.82) is 0 Å². The summed E-state index contributed by atoms with van der Waals surface area (Å²) < 4.78 is 0. The molecule has 0 aliphatic carbocycles. The smallest absolute Gasteiger partial charge is 0.304 e. The van der Waals surface area contributed by atoms with Gasteiger partial charge in [0.05, 0.1) is 6.42 Å². The number of phenolic OH excluding ortho intramolecular Hbond substituents is 1. The lowest BCUT2D eigenvalue weighted by Crippen LogP contribution is -2.23. The van der Waals surface area contributed by atoms with Gasteiger partial charge in [-0.15, -0.1) is 0 Å². The van der Waals surface area contributed by atoms with E-state index in [1.54, 1.807) is 0 Å². The molecule has 0 fully saturated rings. The first-order valence-corrected chi connectivity index (χ1v) is 7.07. The molecule has 1 rings (SSSR count). The number of aromatic hydroxyl groups is 1. The van der Waals surface area contributed by atoms with E-state index in [-0.39, 0.29) is 17.6 Å². The molecule has 3 nitrogen and oxygen atoms in total. The molecular formula is C17H26O3. The Kier molecular flexibility index (Phi) is 4.52. The molecule has 0 radical (unpaired) electrons. The van der Waals surface area contributed by atoms with Gasteiger partial charge in [-0.1, -0.05) is 53.7 Å². The molecule has 112 valence electrons. The zero-order valence-corrected chi connectivity index (χ0v) is 13.4. The summed E-state index contributed by atoms with van der Waals surface area (Å²) in [7, 11) is 0. The first-order valence-electron chi connectivity index (χ1n) is 7.07. The average molecular weight is 278 g/mol. The first-order chi connectivity index (χ1) is 8.99. The van der Waals surface area contributed by atoms with Gasteiger partial charge in [0.2, 0.25) is 0 Å². The fourth-order valence-electron chi connectivity index (χ4n) is 2.46.